The van der Waals surface area contributed by atoms with Gasteiger partial charge in [-0.3, -0.25) is 9.59 Å². The van der Waals surface area contributed by atoms with Crippen LogP contribution in [-0.2, 0) is 9.59 Å². The average Bonchev–Trinajstić information content (AvgIpc) is 3.01. The van der Waals surface area contributed by atoms with Crippen LogP contribution in [0.3, 0.4) is 0 Å². The molecule has 0 radical (unpaired) electrons. The van der Waals surface area contributed by atoms with E-state index in [2.05, 4.69) is 12.2 Å². The Bertz CT molecular complexity index is 409. The highest BCUT2D eigenvalue weighted by Crippen LogP contribution is 2.52. The Balaban J connectivity index is 1.68. The maximum atomic E-state index is 12.6. The molecule has 0 aromatic heterocycles. The maximum absolute atomic E-state index is 12.6. The van der Waals surface area contributed by atoms with E-state index in [4.69, 9.17) is 0 Å². The minimum atomic E-state index is -0.769. The Kier molecular flexibility index (Phi) is 3.74. The summed E-state index contributed by atoms with van der Waals surface area (Å²) in [6.45, 7) is 2.19. The van der Waals surface area contributed by atoms with Gasteiger partial charge in [0.1, 0.15) is 0 Å². The van der Waals surface area contributed by atoms with E-state index in [0.29, 0.717) is 11.8 Å². The highest BCUT2D eigenvalue weighted by atomic mass is 16.4. The van der Waals surface area contributed by atoms with Crippen LogP contribution >= 0.6 is 0 Å². The molecule has 0 heterocycles. The number of amides is 1. The third kappa shape index (κ3) is 2.33. The van der Waals surface area contributed by atoms with E-state index in [1.54, 1.807) is 0 Å². The summed E-state index contributed by atoms with van der Waals surface area (Å²) < 4.78 is 0. The van der Waals surface area contributed by atoms with Gasteiger partial charge in [0, 0.05) is 6.04 Å². The van der Waals surface area contributed by atoms with Gasteiger partial charge in [-0.25, -0.2) is 0 Å². The van der Waals surface area contributed by atoms with E-state index in [-0.39, 0.29) is 23.8 Å². The second kappa shape index (κ2) is 5.38. The molecule has 1 amide bonds. The molecule has 0 saturated heterocycles. The zero-order valence-corrected chi connectivity index (χ0v) is 12.2. The molecule has 3 fully saturated rings. The average molecular weight is 279 g/mol. The number of carboxylic acids is 1. The molecule has 0 aromatic carbocycles. The van der Waals surface area contributed by atoms with Gasteiger partial charge in [-0.15, -0.1) is 0 Å². The van der Waals surface area contributed by atoms with Crippen LogP contribution in [0.15, 0.2) is 0 Å². The molecule has 112 valence electrons. The number of hydrogen-bond donors (Lipinski definition) is 2. The number of aliphatic carboxylic acids is 1. The fourth-order valence-electron chi connectivity index (χ4n) is 4.83. The van der Waals surface area contributed by atoms with Crippen molar-refractivity contribution in [2.24, 2.45) is 29.6 Å². The summed E-state index contributed by atoms with van der Waals surface area (Å²) in [4.78, 5) is 24.1. The molecular weight excluding hydrogens is 254 g/mol. The van der Waals surface area contributed by atoms with Crippen LogP contribution in [0.25, 0.3) is 0 Å². The lowest BCUT2D eigenvalue weighted by molar-refractivity contribution is -0.149. The first kappa shape index (κ1) is 13.9. The van der Waals surface area contributed by atoms with Crippen molar-refractivity contribution in [2.45, 2.75) is 57.9 Å². The summed E-state index contributed by atoms with van der Waals surface area (Å²) in [6.07, 6.45) is 7.61. The van der Waals surface area contributed by atoms with Crippen molar-refractivity contribution >= 4 is 11.9 Å². The van der Waals surface area contributed by atoms with Gasteiger partial charge in [-0.2, -0.15) is 0 Å². The second-order valence-electron chi connectivity index (χ2n) is 7.10. The number of rotatable bonds is 3. The van der Waals surface area contributed by atoms with Crippen molar-refractivity contribution in [3.63, 3.8) is 0 Å². The largest absolute Gasteiger partial charge is 0.481 e. The first-order chi connectivity index (χ1) is 9.58. The molecule has 0 unspecified atom stereocenters. The highest BCUT2D eigenvalue weighted by Gasteiger charge is 2.54. The molecule has 4 nitrogen and oxygen atoms in total. The van der Waals surface area contributed by atoms with Crippen molar-refractivity contribution in [2.75, 3.05) is 0 Å². The number of nitrogens with one attached hydrogen (secondary N) is 1. The molecule has 0 aromatic rings. The van der Waals surface area contributed by atoms with Gasteiger partial charge in [0.15, 0.2) is 0 Å². The summed E-state index contributed by atoms with van der Waals surface area (Å²) in [5.74, 6) is -0.406. The molecule has 3 aliphatic rings. The van der Waals surface area contributed by atoms with Gasteiger partial charge in [0.2, 0.25) is 5.91 Å². The van der Waals surface area contributed by atoms with Crippen LogP contribution in [-0.4, -0.2) is 23.0 Å². The molecule has 3 aliphatic carbocycles. The minimum Gasteiger partial charge on any atom is -0.481 e. The predicted molar refractivity (Wildman–Crippen MR) is 75.0 cm³/mol. The van der Waals surface area contributed by atoms with Crippen molar-refractivity contribution in [1.82, 2.24) is 5.32 Å². The van der Waals surface area contributed by atoms with Crippen molar-refractivity contribution in [3.8, 4) is 0 Å². The van der Waals surface area contributed by atoms with Crippen LogP contribution in [0.4, 0.5) is 0 Å². The maximum Gasteiger partial charge on any atom is 0.307 e. The quantitative estimate of drug-likeness (QED) is 0.834. The Morgan fingerprint density at radius 2 is 1.65 bits per heavy atom. The lowest BCUT2D eigenvalue weighted by Crippen LogP contribution is -2.47. The first-order valence-corrected chi connectivity index (χ1v) is 8.11. The van der Waals surface area contributed by atoms with Gasteiger partial charge in [-0.05, 0) is 49.9 Å². The minimum absolute atomic E-state index is 0.0170. The van der Waals surface area contributed by atoms with Crippen LogP contribution < -0.4 is 5.32 Å². The molecular formula is C16H25NO3. The Morgan fingerprint density at radius 1 is 1.00 bits per heavy atom. The smallest absolute Gasteiger partial charge is 0.307 e. The van der Waals surface area contributed by atoms with Crippen molar-refractivity contribution in [1.29, 1.82) is 0 Å². The van der Waals surface area contributed by atoms with Crippen LogP contribution in [0.2, 0.25) is 0 Å². The van der Waals surface area contributed by atoms with E-state index in [1.165, 1.54) is 19.3 Å². The number of hydrogen-bond acceptors (Lipinski definition) is 2. The first-order valence-electron chi connectivity index (χ1n) is 8.11. The fourth-order valence-corrected chi connectivity index (χ4v) is 4.83. The SMILES string of the molecule is C[C@@H]1CCCC[C@@H]1NC(=O)[C@@H]1[C@@H]2CC[C@@H](C2)[C@@H]1C(=O)O. The molecule has 0 spiro atoms. The molecule has 20 heavy (non-hydrogen) atoms. The predicted octanol–water partition coefficient (Wildman–Crippen LogP) is 2.43. The van der Waals surface area contributed by atoms with E-state index >= 15 is 0 Å². The van der Waals surface area contributed by atoms with E-state index in [0.717, 1.165) is 25.7 Å². The molecule has 2 N–H and O–H groups in total. The fraction of sp³-hybridized carbons (Fsp3) is 0.875. The second-order valence-corrected chi connectivity index (χ2v) is 7.10. The normalized spacial score (nSPS) is 43.5. The summed E-state index contributed by atoms with van der Waals surface area (Å²) >= 11 is 0. The third-order valence-corrected chi connectivity index (χ3v) is 5.94. The highest BCUT2D eigenvalue weighted by molar-refractivity contribution is 5.86. The number of carboxylic acid groups (broad SMARTS) is 1. The molecule has 2 bridgehead atoms. The van der Waals surface area contributed by atoms with Crippen molar-refractivity contribution < 1.29 is 14.7 Å². The Hall–Kier alpha value is -1.06. The van der Waals surface area contributed by atoms with Crippen molar-refractivity contribution in [3.05, 3.63) is 0 Å². The topological polar surface area (TPSA) is 66.4 Å². The van der Waals surface area contributed by atoms with Gasteiger partial charge in [-0.1, -0.05) is 19.8 Å². The van der Waals surface area contributed by atoms with Crippen LogP contribution in [0.5, 0.6) is 0 Å². The molecule has 3 saturated carbocycles. The van der Waals surface area contributed by atoms with Gasteiger partial charge in [0.25, 0.3) is 0 Å². The van der Waals surface area contributed by atoms with E-state index < -0.39 is 11.9 Å². The molecule has 0 aliphatic heterocycles. The standard InChI is InChI=1S/C16H25NO3/c1-9-4-2-3-5-12(9)17-15(18)13-10-6-7-11(8-10)14(13)16(19)20/h9-14H,2-8H2,1H3,(H,17,18)(H,19,20)/t9-,10-,11+,12+,13-,14+/m1/s1. The molecule has 3 rings (SSSR count). The number of carbonyl (C=O) groups is 2. The van der Waals surface area contributed by atoms with E-state index in [1.807, 2.05) is 0 Å². The monoisotopic (exact) mass is 279 g/mol. The third-order valence-electron chi connectivity index (χ3n) is 5.94. The zero-order valence-electron chi connectivity index (χ0n) is 12.2. The van der Waals surface area contributed by atoms with Gasteiger partial charge in [0.05, 0.1) is 11.8 Å². The number of fused-ring (bicyclic) bond motifs is 2. The summed E-state index contributed by atoms with van der Waals surface area (Å²) in [6, 6.07) is 0.254. The van der Waals surface area contributed by atoms with Gasteiger partial charge < -0.3 is 10.4 Å². The Labute approximate surface area is 120 Å². The van der Waals surface area contributed by atoms with Gasteiger partial charge >= 0.3 is 5.97 Å². The number of carbonyl (C=O) groups excluding carboxylic acids is 1. The van der Waals surface area contributed by atoms with E-state index in [9.17, 15) is 14.7 Å². The Morgan fingerprint density at radius 3 is 2.30 bits per heavy atom. The molecule has 4 heteroatoms. The van der Waals surface area contributed by atoms with Crippen LogP contribution in [0.1, 0.15) is 51.9 Å². The lowest BCUT2D eigenvalue weighted by atomic mass is 9.78. The summed E-state index contributed by atoms with van der Waals surface area (Å²) in [5, 5.41) is 12.6. The lowest BCUT2D eigenvalue weighted by Gasteiger charge is -2.33. The summed E-state index contributed by atoms with van der Waals surface area (Å²) in [5.41, 5.74) is 0. The summed E-state index contributed by atoms with van der Waals surface area (Å²) in [7, 11) is 0. The molecule has 6 atom stereocenters. The zero-order chi connectivity index (χ0) is 14.3. The van der Waals surface area contributed by atoms with Crippen LogP contribution in [0, 0.1) is 29.6 Å².